The average molecular weight is 394 g/mol. The van der Waals surface area contributed by atoms with Crippen molar-refractivity contribution in [3.05, 3.63) is 65.6 Å². The van der Waals surface area contributed by atoms with Gasteiger partial charge in [-0.15, -0.1) is 11.3 Å². The second kappa shape index (κ2) is 9.71. The molecular formula is C22H22N2O3S. The van der Waals surface area contributed by atoms with Gasteiger partial charge in [0, 0.05) is 17.0 Å². The van der Waals surface area contributed by atoms with E-state index in [9.17, 15) is 4.79 Å². The van der Waals surface area contributed by atoms with Crippen molar-refractivity contribution in [3.8, 4) is 22.8 Å². The Kier molecular flexibility index (Phi) is 6.81. The average Bonchev–Trinajstić information content (AvgIpc) is 3.20. The first kappa shape index (κ1) is 19.6. The van der Waals surface area contributed by atoms with Gasteiger partial charge in [-0.1, -0.05) is 31.2 Å². The monoisotopic (exact) mass is 394 g/mol. The molecule has 1 amide bonds. The van der Waals surface area contributed by atoms with Gasteiger partial charge in [-0.2, -0.15) is 0 Å². The Labute approximate surface area is 168 Å². The van der Waals surface area contributed by atoms with Gasteiger partial charge < -0.3 is 9.47 Å². The molecule has 6 heteroatoms. The number of nitrogens with zero attached hydrogens (tertiary/aromatic N) is 1. The quantitative estimate of drug-likeness (QED) is 0.530. The lowest BCUT2D eigenvalue weighted by Crippen LogP contribution is -2.07. The van der Waals surface area contributed by atoms with Crippen molar-refractivity contribution in [1.29, 1.82) is 0 Å². The lowest BCUT2D eigenvalue weighted by molar-refractivity contribution is -0.111. The van der Waals surface area contributed by atoms with Crippen molar-refractivity contribution >= 4 is 28.5 Å². The highest BCUT2D eigenvalue weighted by molar-refractivity contribution is 7.14. The maximum atomic E-state index is 12.2. The molecule has 0 radical (unpaired) electrons. The number of carbonyl (C=O) groups is 1. The lowest BCUT2D eigenvalue weighted by atomic mass is 10.2. The van der Waals surface area contributed by atoms with Gasteiger partial charge in [0.15, 0.2) is 5.13 Å². The summed E-state index contributed by atoms with van der Waals surface area (Å²) in [5.41, 5.74) is 2.66. The van der Waals surface area contributed by atoms with E-state index >= 15 is 0 Å². The number of carbonyl (C=O) groups excluding carboxylic acids is 1. The molecule has 0 unspecified atom stereocenters. The van der Waals surface area contributed by atoms with Gasteiger partial charge in [-0.05, 0) is 42.3 Å². The highest BCUT2D eigenvalue weighted by Gasteiger charge is 2.07. The molecule has 0 aliphatic heterocycles. The number of benzene rings is 2. The Hall–Kier alpha value is -3.12. The van der Waals surface area contributed by atoms with Crippen molar-refractivity contribution in [3.63, 3.8) is 0 Å². The largest absolute Gasteiger partial charge is 0.497 e. The second-order valence-corrected chi connectivity index (χ2v) is 6.87. The molecule has 0 aliphatic carbocycles. The predicted octanol–water partition coefficient (Wildman–Crippen LogP) is 5.26. The molecule has 0 saturated heterocycles. The van der Waals surface area contributed by atoms with E-state index in [2.05, 4.69) is 17.2 Å². The minimum absolute atomic E-state index is 0.224. The minimum Gasteiger partial charge on any atom is -0.497 e. The number of methoxy groups -OCH3 is 1. The minimum atomic E-state index is -0.224. The Morgan fingerprint density at radius 2 is 2.00 bits per heavy atom. The van der Waals surface area contributed by atoms with Crippen LogP contribution in [0, 0.1) is 0 Å². The zero-order chi connectivity index (χ0) is 19.8. The SMILES string of the molecule is CCCOc1ccc(C=CC(=O)Nc2nc(-c3cccc(OC)c3)cs2)cc1. The molecule has 0 fully saturated rings. The van der Waals surface area contributed by atoms with Gasteiger partial charge in [-0.25, -0.2) is 4.98 Å². The highest BCUT2D eigenvalue weighted by Crippen LogP contribution is 2.27. The van der Waals surface area contributed by atoms with Crippen molar-refractivity contribution in [2.45, 2.75) is 13.3 Å². The van der Waals surface area contributed by atoms with Crippen LogP contribution in [0.25, 0.3) is 17.3 Å². The van der Waals surface area contributed by atoms with Crippen LogP contribution < -0.4 is 14.8 Å². The molecule has 1 N–H and O–H groups in total. The van der Waals surface area contributed by atoms with Gasteiger partial charge in [0.1, 0.15) is 11.5 Å². The first-order valence-electron chi connectivity index (χ1n) is 9.00. The van der Waals surface area contributed by atoms with Crippen LogP contribution in [0.1, 0.15) is 18.9 Å². The summed E-state index contributed by atoms with van der Waals surface area (Å²) in [4.78, 5) is 16.6. The number of aromatic nitrogens is 1. The van der Waals surface area contributed by atoms with E-state index in [4.69, 9.17) is 9.47 Å². The Bertz CT molecular complexity index is 948. The van der Waals surface area contributed by atoms with Crippen LogP contribution in [-0.4, -0.2) is 24.6 Å². The van der Waals surface area contributed by atoms with Gasteiger partial charge in [0.25, 0.3) is 0 Å². The van der Waals surface area contributed by atoms with Crippen LogP contribution in [0.3, 0.4) is 0 Å². The molecular weight excluding hydrogens is 372 g/mol. The fraction of sp³-hybridized carbons (Fsp3) is 0.182. The molecule has 1 heterocycles. The fourth-order valence-electron chi connectivity index (χ4n) is 2.46. The third-order valence-electron chi connectivity index (χ3n) is 3.88. The summed E-state index contributed by atoms with van der Waals surface area (Å²) in [6, 6.07) is 15.3. The predicted molar refractivity (Wildman–Crippen MR) is 114 cm³/mol. The van der Waals surface area contributed by atoms with Crippen LogP contribution in [0.2, 0.25) is 0 Å². The molecule has 0 spiro atoms. The summed E-state index contributed by atoms with van der Waals surface area (Å²) < 4.78 is 10.8. The zero-order valence-corrected chi connectivity index (χ0v) is 16.7. The number of nitrogens with one attached hydrogen (secondary N) is 1. The lowest BCUT2D eigenvalue weighted by Gasteiger charge is -2.04. The summed E-state index contributed by atoms with van der Waals surface area (Å²) in [7, 11) is 1.63. The van der Waals surface area contributed by atoms with E-state index in [1.807, 2.05) is 53.9 Å². The summed E-state index contributed by atoms with van der Waals surface area (Å²) in [5, 5.41) is 5.25. The van der Waals surface area contributed by atoms with Gasteiger partial charge in [0.05, 0.1) is 19.4 Å². The topological polar surface area (TPSA) is 60.5 Å². The molecule has 2 aromatic carbocycles. The number of anilines is 1. The van der Waals surface area contributed by atoms with Crippen LogP contribution in [0.5, 0.6) is 11.5 Å². The molecule has 5 nitrogen and oxygen atoms in total. The molecule has 3 aromatic rings. The molecule has 3 rings (SSSR count). The van der Waals surface area contributed by atoms with Gasteiger partial charge in [-0.3, -0.25) is 10.1 Å². The summed E-state index contributed by atoms with van der Waals surface area (Å²) in [6.07, 6.45) is 4.22. The van der Waals surface area contributed by atoms with E-state index in [1.54, 1.807) is 13.2 Å². The van der Waals surface area contributed by atoms with Crippen LogP contribution in [0.15, 0.2) is 60.0 Å². The first-order valence-corrected chi connectivity index (χ1v) is 9.88. The number of thiazole rings is 1. The number of rotatable bonds is 8. The van der Waals surface area contributed by atoms with E-state index in [-0.39, 0.29) is 5.91 Å². The molecule has 0 saturated carbocycles. The van der Waals surface area contributed by atoms with Crippen LogP contribution in [0.4, 0.5) is 5.13 Å². The summed E-state index contributed by atoms with van der Waals surface area (Å²) in [6.45, 7) is 2.76. The number of ether oxygens (including phenoxy) is 2. The Morgan fingerprint density at radius 3 is 2.75 bits per heavy atom. The Balaban J connectivity index is 1.59. The molecule has 28 heavy (non-hydrogen) atoms. The highest BCUT2D eigenvalue weighted by atomic mass is 32.1. The van der Waals surface area contributed by atoms with Crippen molar-refractivity contribution in [2.75, 3.05) is 19.0 Å². The van der Waals surface area contributed by atoms with E-state index in [1.165, 1.54) is 17.4 Å². The van der Waals surface area contributed by atoms with Gasteiger partial charge in [0.2, 0.25) is 5.91 Å². The zero-order valence-electron chi connectivity index (χ0n) is 15.8. The summed E-state index contributed by atoms with van der Waals surface area (Å²) >= 11 is 1.38. The van der Waals surface area contributed by atoms with E-state index < -0.39 is 0 Å². The standard InChI is InChI=1S/C22H22N2O3S/c1-3-13-27-18-10-7-16(8-11-18)9-12-21(25)24-22-23-20(15-28-22)17-5-4-6-19(14-17)26-2/h4-12,14-15H,3,13H2,1-2H3,(H,23,24,25). The molecule has 0 bridgehead atoms. The Morgan fingerprint density at radius 1 is 1.18 bits per heavy atom. The maximum Gasteiger partial charge on any atom is 0.250 e. The molecule has 1 aromatic heterocycles. The number of amides is 1. The number of hydrogen-bond donors (Lipinski definition) is 1. The molecule has 0 atom stereocenters. The van der Waals surface area contributed by atoms with Crippen molar-refractivity contribution in [1.82, 2.24) is 4.98 Å². The van der Waals surface area contributed by atoms with Gasteiger partial charge >= 0.3 is 0 Å². The summed E-state index contributed by atoms with van der Waals surface area (Å²) in [5.74, 6) is 1.37. The third-order valence-corrected chi connectivity index (χ3v) is 4.64. The van der Waals surface area contributed by atoms with E-state index in [0.29, 0.717) is 11.7 Å². The maximum absolute atomic E-state index is 12.2. The fourth-order valence-corrected chi connectivity index (χ4v) is 3.18. The number of hydrogen-bond acceptors (Lipinski definition) is 5. The van der Waals surface area contributed by atoms with Crippen LogP contribution >= 0.6 is 11.3 Å². The normalized spacial score (nSPS) is 10.8. The molecule has 0 aliphatic rings. The first-order chi connectivity index (χ1) is 13.7. The van der Waals surface area contributed by atoms with E-state index in [0.717, 1.165) is 34.7 Å². The van der Waals surface area contributed by atoms with Crippen molar-refractivity contribution < 1.29 is 14.3 Å². The third kappa shape index (κ3) is 5.44. The molecule has 144 valence electrons. The second-order valence-electron chi connectivity index (χ2n) is 6.01. The smallest absolute Gasteiger partial charge is 0.250 e. The van der Waals surface area contributed by atoms with Crippen molar-refractivity contribution in [2.24, 2.45) is 0 Å². The van der Waals surface area contributed by atoms with Crippen LogP contribution in [-0.2, 0) is 4.79 Å².